The van der Waals surface area contributed by atoms with Crippen LogP contribution in [0, 0.1) is 21.4 Å². The Hall–Kier alpha value is -4.79. The molecule has 0 aliphatic rings. The molecule has 3 aromatic rings. The van der Waals surface area contributed by atoms with Gasteiger partial charge < -0.3 is 15.0 Å². The Bertz CT molecular complexity index is 1900. The first kappa shape index (κ1) is 41.6. The number of carbonyl (C=O) groups excluding carboxylic acids is 2. The first-order valence-electron chi connectivity index (χ1n) is 16.3. The second-order valence-electron chi connectivity index (χ2n) is 11.0. The van der Waals surface area contributed by atoms with Crippen molar-refractivity contribution >= 4 is 63.1 Å². The fourth-order valence-electron chi connectivity index (χ4n) is 4.65. The third-order valence-electron chi connectivity index (χ3n) is 7.27. The molecule has 0 radical (unpaired) electrons. The van der Waals surface area contributed by atoms with Gasteiger partial charge in [-0.15, -0.1) is 5.11 Å². The molecule has 52 heavy (non-hydrogen) atoms. The standard InChI is InChI=1S/C33H41N6O11PS/c1-3-18-38(27-11-9-26(10-12-27)36-37-30-13-14-31(39(42)43)29-8-5-4-7-28(29)30)19-21-49-51(44,48-20-6-17-34)50-23-25-52(45,46)24-22-47-33(41)16-15-32(40)35-2/h4-5,7-14H,3,6,15-16,18-25H2,1-2H3,(H,35,40)/b37-36+. The number of rotatable bonds is 23. The fourth-order valence-corrected chi connectivity index (χ4v) is 6.81. The van der Waals surface area contributed by atoms with E-state index in [1.807, 2.05) is 30.0 Å². The molecule has 0 fully saturated rings. The smallest absolute Gasteiger partial charge is 0.465 e. The molecule has 0 heterocycles. The van der Waals surface area contributed by atoms with Crippen LogP contribution in [-0.4, -0.2) is 83.3 Å². The van der Waals surface area contributed by atoms with Crippen LogP contribution >= 0.6 is 7.82 Å². The number of anilines is 1. The number of fused-ring (bicyclic) bond motifs is 1. The van der Waals surface area contributed by atoms with E-state index in [2.05, 4.69) is 15.5 Å². The zero-order valence-electron chi connectivity index (χ0n) is 28.8. The number of azo groups is 1. The lowest BCUT2D eigenvalue weighted by molar-refractivity contribution is -0.383. The Labute approximate surface area is 301 Å². The van der Waals surface area contributed by atoms with Crippen molar-refractivity contribution in [3.05, 3.63) is 70.8 Å². The topological polar surface area (TPSA) is 229 Å². The predicted octanol–water partition coefficient (Wildman–Crippen LogP) is 5.94. The van der Waals surface area contributed by atoms with Crippen molar-refractivity contribution in [2.24, 2.45) is 10.2 Å². The number of benzene rings is 3. The molecule has 1 N–H and O–H groups in total. The summed E-state index contributed by atoms with van der Waals surface area (Å²) >= 11 is 0. The average Bonchev–Trinajstić information content (AvgIpc) is 3.12. The summed E-state index contributed by atoms with van der Waals surface area (Å²) in [5, 5.41) is 32.3. The Morgan fingerprint density at radius 2 is 1.60 bits per heavy atom. The number of esters is 1. The Balaban J connectivity index is 1.57. The van der Waals surface area contributed by atoms with Gasteiger partial charge in [0.2, 0.25) is 5.91 Å². The Morgan fingerprint density at radius 3 is 2.27 bits per heavy atom. The summed E-state index contributed by atoms with van der Waals surface area (Å²) in [7, 11) is -6.63. The van der Waals surface area contributed by atoms with Crippen LogP contribution in [0.1, 0.15) is 32.6 Å². The number of sulfone groups is 1. The highest BCUT2D eigenvalue weighted by Crippen LogP contribution is 2.49. The van der Waals surface area contributed by atoms with Crippen LogP contribution in [-0.2, 0) is 42.3 Å². The number of non-ortho nitro benzene ring substituents is 1. The molecule has 280 valence electrons. The second-order valence-corrected chi connectivity index (χ2v) is 15.0. The molecular weight excluding hydrogens is 719 g/mol. The highest BCUT2D eigenvalue weighted by molar-refractivity contribution is 7.91. The van der Waals surface area contributed by atoms with Gasteiger partial charge in [0.15, 0.2) is 9.84 Å². The van der Waals surface area contributed by atoms with E-state index < -0.39 is 53.3 Å². The molecule has 1 amide bonds. The van der Waals surface area contributed by atoms with Crippen molar-refractivity contribution in [3.8, 4) is 6.07 Å². The molecule has 3 rings (SSSR count). The van der Waals surface area contributed by atoms with Gasteiger partial charge in [0.25, 0.3) is 5.69 Å². The maximum absolute atomic E-state index is 13.3. The van der Waals surface area contributed by atoms with Crippen LogP contribution in [0.25, 0.3) is 10.8 Å². The molecule has 19 heteroatoms. The van der Waals surface area contributed by atoms with Gasteiger partial charge in [-0.1, -0.05) is 25.1 Å². The van der Waals surface area contributed by atoms with Gasteiger partial charge in [-0.2, -0.15) is 10.4 Å². The molecule has 0 spiro atoms. The van der Waals surface area contributed by atoms with E-state index in [-0.39, 0.29) is 50.6 Å². The highest BCUT2D eigenvalue weighted by Gasteiger charge is 2.28. The maximum atomic E-state index is 13.3. The number of amides is 1. The largest absolute Gasteiger partial charge is 0.474 e. The zero-order chi connectivity index (χ0) is 38.0. The summed E-state index contributed by atoms with van der Waals surface area (Å²) in [5.74, 6) is -2.15. The molecule has 3 aromatic carbocycles. The van der Waals surface area contributed by atoms with Gasteiger partial charge >= 0.3 is 13.8 Å². The summed E-state index contributed by atoms with van der Waals surface area (Å²) in [6, 6.07) is 18.8. The Morgan fingerprint density at radius 1 is 0.923 bits per heavy atom. The third-order valence-corrected chi connectivity index (χ3v) is 10.3. The number of nitrogens with zero attached hydrogens (tertiary/aromatic N) is 5. The van der Waals surface area contributed by atoms with Crippen molar-refractivity contribution in [2.75, 3.05) is 63.0 Å². The van der Waals surface area contributed by atoms with Gasteiger partial charge in [0.05, 0.1) is 71.9 Å². The normalized spacial score (nSPS) is 12.6. The summed E-state index contributed by atoms with van der Waals surface area (Å²) in [6.07, 6.45) is 0.382. The van der Waals surface area contributed by atoms with E-state index in [1.54, 1.807) is 42.5 Å². The summed E-state index contributed by atoms with van der Waals surface area (Å²) in [6.45, 7) is 1.48. The summed E-state index contributed by atoms with van der Waals surface area (Å²) in [5.41, 5.74) is 1.80. The van der Waals surface area contributed by atoms with Crippen molar-refractivity contribution in [1.29, 1.82) is 5.26 Å². The number of hydrogen-bond acceptors (Lipinski definition) is 15. The van der Waals surface area contributed by atoms with E-state index in [4.69, 9.17) is 23.6 Å². The van der Waals surface area contributed by atoms with Gasteiger partial charge in [-0.3, -0.25) is 33.3 Å². The Kier molecular flexibility index (Phi) is 16.7. The van der Waals surface area contributed by atoms with Crippen molar-refractivity contribution in [1.82, 2.24) is 5.32 Å². The van der Waals surface area contributed by atoms with Gasteiger partial charge in [0, 0.05) is 43.7 Å². The van der Waals surface area contributed by atoms with Crippen molar-refractivity contribution in [2.45, 2.75) is 32.6 Å². The number of carbonyl (C=O) groups is 2. The number of nitro groups is 1. The van der Waals surface area contributed by atoms with E-state index in [0.717, 1.165) is 12.1 Å². The lowest BCUT2D eigenvalue weighted by atomic mass is 10.1. The molecule has 0 aliphatic carbocycles. The second kappa shape index (κ2) is 20.9. The minimum absolute atomic E-state index is 0.0203. The molecule has 1 atom stereocenters. The number of nitriles is 1. The summed E-state index contributed by atoms with van der Waals surface area (Å²) in [4.78, 5) is 35.9. The molecule has 0 saturated heterocycles. The molecule has 0 aromatic heterocycles. The van der Waals surface area contributed by atoms with Crippen molar-refractivity contribution < 1.29 is 45.8 Å². The van der Waals surface area contributed by atoms with E-state index in [1.165, 1.54) is 13.1 Å². The molecule has 17 nitrogen and oxygen atoms in total. The van der Waals surface area contributed by atoms with Gasteiger partial charge in [0.1, 0.15) is 6.61 Å². The predicted molar refractivity (Wildman–Crippen MR) is 192 cm³/mol. The zero-order valence-corrected chi connectivity index (χ0v) is 30.6. The van der Waals surface area contributed by atoms with Crippen molar-refractivity contribution in [3.63, 3.8) is 0 Å². The third kappa shape index (κ3) is 13.7. The molecule has 0 bridgehead atoms. The first-order chi connectivity index (χ1) is 24.9. The van der Waals surface area contributed by atoms with Crippen LogP contribution in [0.2, 0.25) is 0 Å². The van der Waals surface area contributed by atoms with Gasteiger partial charge in [-0.05, 0) is 42.8 Å². The van der Waals surface area contributed by atoms with E-state index in [9.17, 15) is 32.7 Å². The summed E-state index contributed by atoms with van der Waals surface area (Å²) < 4.78 is 59.1. The SMILES string of the molecule is CCCN(CCOP(=O)(OCCC#N)OCCS(=O)(=O)CCOC(=O)CCC(=O)NC)c1ccc(/N=N/c2ccc([N+](=O)[O-])c3ccccc23)cc1. The quantitative estimate of drug-likeness (QED) is 0.0295. The molecular formula is C33H41N6O11PS. The monoisotopic (exact) mass is 760 g/mol. The molecule has 0 saturated carbocycles. The lowest BCUT2D eigenvalue weighted by Gasteiger charge is -2.25. The number of nitro benzene ring substituents is 1. The minimum Gasteiger partial charge on any atom is -0.465 e. The van der Waals surface area contributed by atoms with Crippen LogP contribution in [0.4, 0.5) is 22.7 Å². The minimum atomic E-state index is -4.27. The maximum Gasteiger partial charge on any atom is 0.474 e. The molecule has 1 unspecified atom stereocenters. The average molecular weight is 761 g/mol. The lowest BCUT2D eigenvalue weighted by Crippen LogP contribution is -2.28. The van der Waals surface area contributed by atoms with E-state index in [0.29, 0.717) is 28.7 Å². The first-order valence-corrected chi connectivity index (χ1v) is 19.6. The highest BCUT2D eigenvalue weighted by atomic mass is 32.2. The van der Waals surface area contributed by atoms with Crippen LogP contribution in [0.5, 0.6) is 0 Å². The van der Waals surface area contributed by atoms with Crippen LogP contribution < -0.4 is 10.2 Å². The number of ether oxygens (including phenoxy) is 1. The fraction of sp³-hybridized carbons (Fsp3) is 0.424. The van der Waals surface area contributed by atoms with Crippen LogP contribution in [0.3, 0.4) is 0 Å². The van der Waals surface area contributed by atoms with Crippen LogP contribution in [0.15, 0.2) is 70.9 Å². The number of phosphoric ester groups is 1. The van der Waals surface area contributed by atoms with Gasteiger partial charge in [-0.25, -0.2) is 13.0 Å². The number of hydrogen-bond donors (Lipinski definition) is 1. The number of nitrogens with one attached hydrogen (secondary N) is 1. The number of phosphoric acid groups is 1. The molecule has 0 aliphatic heterocycles. The van der Waals surface area contributed by atoms with E-state index >= 15 is 0 Å².